The van der Waals surface area contributed by atoms with Gasteiger partial charge in [-0.3, -0.25) is 14.8 Å². The summed E-state index contributed by atoms with van der Waals surface area (Å²) >= 11 is 5.79. The maximum Gasteiger partial charge on any atom is 0.334 e. The molecule has 3 heterocycles. The molecule has 3 aromatic heterocycles. The predicted molar refractivity (Wildman–Crippen MR) is 94.2 cm³/mol. The molecule has 0 aliphatic heterocycles. The molecule has 3 aromatic rings. The van der Waals surface area contributed by atoms with E-state index in [0.717, 1.165) is 18.1 Å². The molecule has 1 N–H and O–H groups in total. The smallest absolute Gasteiger partial charge is 0.273 e. The van der Waals surface area contributed by atoms with Crippen LogP contribution in [0.3, 0.4) is 0 Å². The van der Waals surface area contributed by atoms with Crippen molar-refractivity contribution in [2.75, 3.05) is 0 Å². The second-order valence-electron chi connectivity index (χ2n) is 5.90. The third-order valence-corrected chi connectivity index (χ3v) is 4.52. The van der Waals surface area contributed by atoms with Gasteiger partial charge in [0.15, 0.2) is 16.6 Å². The third kappa shape index (κ3) is 2.84. The molecule has 3 rings (SSSR count). The van der Waals surface area contributed by atoms with E-state index in [9.17, 15) is 14.0 Å². The second-order valence-corrected chi connectivity index (χ2v) is 6.26. The van der Waals surface area contributed by atoms with Crippen LogP contribution in [0.5, 0.6) is 0 Å². The van der Waals surface area contributed by atoms with Gasteiger partial charge >= 0.3 is 5.69 Å². The topological polar surface area (TPSA) is 80.6 Å². The van der Waals surface area contributed by atoms with E-state index in [1.165, 1.54) is 4.57 Å². The lowest BCUT2D eigenvalue weighted by atomic mass is 10.0. The van der Waals surface area contributed by atoms with Gasteiger partial charge in [0, 0.05) is 12.1 Å². The molecule has 0 spiro atoms. The SMILES string of the molecule is CCC(C)c1nccc(C)c1-n1c(=O)[nH]c(=O)c2cc(F)c(Cl)nc21. The van der Waals surface area contributed by atoms with E-state index in [-0.39, 0.29) is 17.0 Å². The number of H-pyrrole nitrogens is 1. The molecule has 0 fully saturated rings. The van der Waals surface area contributed by atoms with Gasteiger partial charge in [-0.1, -0.05) is 25.4 Å². The highest BCUT2D eigenvalue weighted by molar-refractivity contribution is 6.29. The van der Waals surface area contributed by atoms with Gasteiger partial charge in [-0.2, -0.15) is 0 Å². The van der Waals surface area contributed by atoms with Gasteiger partial charge in [0.25, 0.3) is 5.56 Å². The molecule has 0 saturated heterocycles. The highest BCUT2D eigenvalue weighted by Gasteiger charge is 2.20. The molecule has 0 radical (unpaired) electrons. The van der Waals surface area contributed by atoms with Crippen LogP contribution in [0.15, 0.2) is 27.9 Å². The van der Waals surface area contributed by atoms with Crippen molar-refractivity contribution < 1.29 is 4.39 Å². The Kier molecular flexibility index (Phi) is 4.43. The van der Waals surface area contributed by atoms with Gasteiger partial charge in [0.1, 0.15) is 0 Å². The number of pyridine rings is 2. The molecule has 0 bridgehead atoms. The van der Waals surface area contributed by atoms with E-state index < -0.39 is 22.2 Å². The number of fused-ring (bicyclic) bond motifs is 1. The average molecular weight is 363 g/mol. The van der Waals surface area contributed by atoms with E-state index in [1.54, 1.807) is 12.3 Å². The van der Waals surface area contributed by atoms with Crippen molar-refractivity contribution in [1.82, 2.24) is 19.5 Å². The first-order chi connectivity index (χ1) is 11.8. The zero-order valence-electron chi connectivity index (χ0n) is 13.9. The van der Waals surface area contributed by atoms with E-state index >= 15 is 0 Å². The molecule has 0 aromatic carbocycles. The van der Waals surface area contributed by atoms with Crippen LogP contribution in [0.25, 0.3) is 16.7 Å². The maximum atomic E-state index is 13.8. The van der Waals surface area contributed by atoms with Crippen LogP contribution in [0.1, 0.15) is 37.4 Å². The van der Waals surface area contributed by atoms with E-state index in [1.807, 2.05) is 20.8 Å². The number of aromatic amines is 1. The zero-order valence-corrected chi connectivity index (χ0v) is 14.7. The van der Waals surface area contributed by atoms with Gasteiger partial charge in [0.2, 0.25) is 0 Å². The largest absolute Gasteiger partial charge is 0.334 e. The molecule has 0 saturated carbocycles. The van der Waals surface area contributed by atoms with Crippen LogP contribution >= 0.6 is 11.6 Å². The van der Waals surface area contributed by atoms with Crippen LogP contribution < -0.4 is 11.2 Å². The molecule has 0 amide bonds. The van der Waals surface area contributed by atoms with Gasteiger partial charge in [-0.05, 0) is 31.0 Å². The second kappa shape index (κ2) is 6.40. The van der Waals surface area contributed by atoms with E-state index in [2.05, 4.69) is 15.0 Å². The molecule has 0 aliphatic rings. The maximum absolute atomic E-state index is 13.8. The van der Waals surface area contributed by atoms with Crippen molar-refractivity contribution in [3.05, 3.63) is 61.4 Å². The minimum atomic E-state index is -0.824. The molecule has 1 unspecified atom stereocenters. The summed E-state index contributed by atoms with van der Waals surface area (Å²) < 4.78 is 15.0. The lowest BCUT2D eigenvalue weighted by Gasteiger charge is -2.18. The Morgan fingerprint density at radius 3 is 2.80 bits per heavy atom. The van der Waals surface area contributed by atoms with Crippen LogP contribution in [0.4, 0.5) is 4.39 Å². The van der Waals surface area contributed by atoms with E-state index in [4.69, 9.17) is 11.6 Å². The number of aryl methyl sites for hydroxylation is 1. The minimum absolute atomic E-state index is 0.000744. The highest BCUT2D eigenvalue weighted by Crippen LogP contribution is 2.27. The third-order valence-electron chi connectivity index (χ3n) is 4.25. The molecular formula is C17H16ClFN4O2. The number of halogens is 2. The standard InChI is InChI=1S/C17H16ClFN4O2/c1-4-8(2)12-13(9(3)5-6-20-12)23-15-10(16(24)22-17(23)25)7-11(19)14(18)21-15/h5-8H,4H2,1-3H3,(H,22,24,25). The predicted octanol–water partition coefficient (Wildman–Crippen LogP) is 3.08. The van der Waals surface area contributed by atoms with Crippen LogP contribution in [-0.4, -0.2) is 19.5 Å². The van der Waals surface area contributed by atoms with Crippen molar-refractivity contribution >= 4 is 22.6 Å². The highest BCUT2D eigenvalue weighted by atomic mass is 35.5. The Bertz CT molecular complexity index is 1090. The fourth-order valence-electron chi connectivity index (χ4n) is 2.74. The molecule has 25 heavy (non-hydrogen) atoms. The van der Waals surface area contributed by atoms with Gasteiger partial charge in [-0.15, -0.1) is 0 Å². The van der Waals surface area contributed by atoms with E-state index in [0.29, 0.717) is 11.4 Å². The van der Waals surface area contributed by atoms with Crippen LogP contribution in [0, 0.1) is 12.7 Å². The van der Waals surface area contributed by atoms with Gasteiger partial charge in [-0.25, -0.2) is 18.7 Å². The fraction of sp³-hybridized carbons (Fsp3) is 0.294. The average Bonchev–Trinajstić information content (AvgIpc) is 2.57. The number of hydrogen-bond donors (Lipinski definition) is 1. The lowest BCUT2D eigenvalue weighted by molar-refractivity contribution is 0.623. The van der Waals surface area contributed by atoms with Crippen LogP contribution in [0.2, 0.25) is 5.15 Å². The summed E-state index contributed by atoms with van der Waals surface area (Å²) in [5, 5.41) is -0.460. The first-order valence-electron chi connectivity index (χ1n) is 7.82. The molecule has 130 valence electrons. The number of aromatic nitrogens is 4. The Labute approximate surface area is 147 Å². The summed E-state index contributed by atoms with van der Waals surface area (Å²) in [6, 6.07) is 2.74. The first kappa shape index (κ1) is 17.3. The van der Waals surface area contributed by atoms with Crippen molar-refractivity contribution in [1.29, 1.82) is 0 Å². The molecule has 0 aliphatic carbocycles. The number of nitrogens with zero attached hydrogens (tertiary/aromatic N) is 3. The first-order valence-corrected chi connectivity index (χ1v) is 8.19. The normalized spacial score (nSPS) is 12.5. The minimum Gasteiger partial charge on any atom is -0.273 e. The Hall–Kier alpha value is -2.54. The summed E-state index contributed by atoms with van der Waals surface area (Å²) in [6.07, 6.45) is 2.47. The quantitative estimate of drug-likeness (QED) is 0.726. The number of nitrogens with one attached hydrogen (secondary N) is 1. The number of rotatable bonds is 3. The Balaban J connectivity index is 2.52. The summed E-state index contributed by atoms with van der Waals surface area (Å²) in [6.45, 7) is 5.83. The zero-order chi connectivity index (χ0) is 18.3. The molecule has 6 nitrogen and oxygen atoms in total. The lowest BCUT2D eigenvalue weighted by Crippen LogP contribution is -2.31. The molecular weight excluding hydrogens is 347 g/mol. The monoisotopic (exact) mass is 362 g/mol. The van der Waals surface area contributed by atoms with Crippen LogP contribution in [-0.2, 0) is 0 Å². The van der Waals surface area contributed by atoms with Gasteiger partial charge in [0.05, 0.1) is 16.8 Å². The Morgan fingerprint density at radius 1 is 1.40 bits per heavy atom. The van der Waals surface area contributed by atoms with Crippen molar-refractivity contribution in [3.63, 3.8) is 0 Å². The van der Waals surface area contributed by atoms with Crippen molar-refractivity contribution in [2.24, 2.45) is 0 Å². The summed E-state index contributed by atoms with van der Waals surface area (Å²) in [5.74, 6) is -0.755. The summed E-state index contributed by atoms with van der Waals surface area (Å²) in [4.78, 5) is 35.2. The van der Waals surface area contributed by atoms with Crippen molar-refractivity contribution in [2.45, 2.75) is 33.1 Å². The number of hydrogen-bond acceptors (Lipinski definition) is 4. The fourth-order valence-corrected chi connectivity index (χ4v) is 2.87. The molecule has 8 heteroatoms. The Morgan fingerprint density at radius 2 is 2.12 bits per heavy atom. The molecule has 1 atom stereocenters. The van der Waals surface area contributed by atoms with Gasteiger partial charge < -0.3 is 0 Å². The van der Waals surface area contributed by atoms with Crippen molar-refractivity contribution in [3.8, 4) is 5.69 Å². The summed E-state index contributed by atoms with van der Waals surface area (Å²) in [7, 11) is 0. The summed E-state index contributed by atoms with van der Waals surface area (Å²) in [5.41, 5.74) is 0.613.